The molecular formula is C20H32FN3O3. The van der Waals surface area contributed by atoms with Crippen molar-refractivity contribution in [2.45, 2.75) is 18.6 Å². The minimum Gasteiger partial charge on any atom is -0.494 e. The van der Waals surface area contributed by atoms with Gasteiger partial charge in [0.1, 0.15) is 0 Å². The first-order chi connectivity index (χ1) is 13.2. The molecule has 2 saturated heterocycles. The van der Waals surface area contributed by atoms with Gasteiger partial charge in [-0.25, -0.2) is 4.39 Å². The summed E-state index contributed by atoms with van der Waals surface area (Å²) in [5.74, 6) is 0.00913. The minimum atomic E-state index is -0.309. The Morgan fingerprint density at radius 2 is 2.00 bits per heavy atom. The average Bonchev–Trinajstić information content (AvgIpc) is 2.69. The van der Waals surface area contributed by atoms with Crippen LogP contribution in [0.2, 0.25) is 0 Å². The minimum absolute atomic E-state index is 0.188. The second-order valence-corrected chi connectivity index (χ2v) is 7.37. The van der Waals surface area contributed by atoms with Gasteiger partial charge >= 0.3 is 0 Å². The predicted molar refractivity (Wildman–Crippen MR) is 103 cm³/mol. The number of nitrogens with one attached hydrogen (secondary N) is 1. The highest BCUT2D eigenvalue weighted by molar-refractivity contribution is 5.30. The Hall–Kier alpha value is -1.25. The third-order valence-electron chi connectivity index (χ3n) is 5.35. The topological polar surface area (TPSA) is 46.2 Å². The molecule has 0 aromatic heterocycles. The van der Waals surface area contributed by atoms with Gasteiger partial charge in [0.2, 0.25) is 0 Å². The number of methoxy groups -OCH3 is 2. The fourth-order valence-electron chi connectivity index (χ4n) is 3.90. The SMILES string of the molecule is COC[C@@H]1CN(CCN2CCN[C@H](Cc3ccc(F)c(OC)c3)C2)CCO1. The summed E-state index contributed by atoms with van der Waals surface area (Å²) in [7, 11) is 3.23. The molecule has 7 heteroatoms. The second kappa shape index (κ2) is 10.3. The van der Waals surface area contributed by atoms with Crippen molar-refractivity contribution in [2.75, 3.05) is 73.2 Å². The Bertz CT molecular complexity index is 588. The molecule has 27 heavy (non-hydrogen) atoms. The standard InChI is InChI=1S/C20H32FN3O3/c1-25-15-18-14-24(9-10-27-18)8-7-23-6-5-22-17(13-23)11-16-3-4-19(21)20(12-16)26-2/h3-4,12,17-18,22H,5-11,13-15H2,1-2H3/t17-,18+/m1/s1. The molecule has 3 rings (SSSR count). The van der Waals surface area contributed by atoms with Crippen LogP contribution in [0, 0.1) is 5.82 Å². The van der Waals surface area contributed by atoms with Crippen LogP contribution in [0.1, 0.15) is 5.56 Å². The van der Waals surface area contributed by atoms with Gasteiger partial charge < -0.3 is 19.5 Å². The van der Waals surface area contributed by atoms with Crippen molar-refractivity contribution >= 4 is 0 Å². The summed E-state index contributed by atoms with van der Waals surface area (Å²) in [6.07, 6.45) is 1.06. The number of morpholine rings is 1. The van der Waals surface area contributed by atoms with Gasteiger partial charge in [-0.05, 0) is 24.1 Å². The largest absolute Gasteiger partial charge is 0.494 e. The number of piperazine rings is 1. The predicted octanol–water partition coefficient (Wildman–Crippen LogP) is 0.998. The van der Waals surface area contributed by atoms with Crippen LogP contribution in [-0.4, -0.2) is 95.2 Å². The van der Waals surface area contributed by atoms with Crippen molar-refractivity contribution < 1.29 is 18.6 Å². The lowest BCUT2D eigenvalue weighted by atomic mass is 10.0. The molecule has 1 aromatic carbocycles. The third kappa shape index (κ3) is 6.12. The molecule has 2 aliphatic rings. The van der Waals surface area contributed by atoms with Gasteiger partial charge in [0.25, 0.3) is 0 Å². The molecule has 152 valence electrons. The maximum absolute atomic E-state index is 13.6. The summed E-state index contributed by atoms with van der Waals surface area (Å²) >= 11 is 0. The van der Waals surface area contributed by atoms with E-state index in [0.717, 1.165) is 64.4 Å². The fraction of sp³-hybridized carbons (Fsp3) is 0.700. The first-order valence-corrected chi connectivity index (χ1v) is 9.79. The van der Waals surface area contributed by atoms with Crippen molar-refractivity contribution in [3.05, 3.63) is 29.6 Å². The molecule has 0 radical (unpaired) electrons. The number of rotatable bonds is 8. The number of hydrogen-bond acceptors (Lipinski definition) is 6. The first kappa shape index (κ1) is 20.5. The molecule has 2 heterocycles. The Balaban J connectivity index is 1.45. The Labute approximate surface area is 161 Å². The summed E-state index contributed by atoms with van der Waals surface area (Å²) in [4.78, 5) is 4.98. The van der Waals surface area contributed by atoms with Crippen molar-refractivity contribution in [1.29, 1.82) is 0 Å². The van der Waals surface area contributed by atoms with Gasteiger partial charge in [-0.2, -0.15) is 0 Å². The van der Waals surface area contributed by atoms with Crippen LogP contribution in [0.3, 0.4) is 0 Å². The first-order valence-electron chi connectivity index (χ1n) is 9.79. The molecule has 0 bridgehead atoms. The van der Waals surface area contributed by atoms with Gasteiger partial charge in [0, 0.05) is 59.0 Å². The van der Waals surface area contributed by atoms with E-state index in [-0.39, 0.29) is 11.9 Å². The molecule has 0 aliphatic carbocycles. The van der Waals surface area contributed by atoms with E-state index in [2.05, 4.69) is 15.1 Å². The number of benzene rings is 1. The van der Waals surface area contributed by atoms with Crippen LogP contribution in [0.15, 0.2) is 18.2 Å². The van der Waals surface area contributed by atoms with Crippen LogP contribution in [-0.2, 0) is 15.9 Å². The zero-order chi connectivity index (χ0) is 19.1. The average molecular weight is 381 g/mol. The maximum atomic E-state index is 13.6. The van der Waals surface area contributed by atoms with Gasteiger partial charge in [0.15, 0.2) is 11.6 Å². The van der Waals surface area contributed by atoms with Crippen molar-refractivity contribution in [3.63, 3.8) is 0 Å². The number of ether oxygens (including phenoxy) is 3. The van der Waals surface area contributed by atoms with E-state index < -0.39 is 0 Å². The molecule has 0 unspecified atom stereocenters. The molecule has 2 aliphatic heterocycles. The molecule has 1 aromatic rings. The Morgan fingerprint density at radius 3 is 2.78 bits per heavy atom. The van der Waals surface area contributed by atoms with E-state index in [9.17, 15) is 4.39 Å². The lowest BCUT2D eigenvalue weighted by Gasteiger charge is -2.37. The van der Waals surface area contributed by atoms with Crippen LogP contribution < -0.4 is 10.1 Å². The lowest BCUT2D eigenvalue weighted by molar-refractivity contribution is -0.0624. The molecule has 6 nitrogen and oxygen atoms in total. The Morgan fingerprint density at radius 1 is 1.19 bits per heavy atom. The highest BCUT2D eigenvalue weighted by atomic mass is 19.1. The zero-order valence-corrected chi connectivity index (χ0v) is 16.5. The molecule has 2 atom stereocenters. The molecular weight excluding hydrogens is 349 g/mol. The molecule has 0 amide bonds. The maximum Gasteiger partial charge on any atom is 0.165 e. The smallest absolute Gasteiger partial charge is 0.165 e. The van der Waals surface area contributed by atoms with Crippen molar-refractivity contribution in [2.24, 2.45) is 0 Å². The normalized spacial score (nSPS) is 24.9. The van der Waals surface area contributed by atoms with Gasteiger partial charge in [-0.3, -0.25) is 9.80 Å². The second-order valence-electron chi connectivity index (χ2n) is 7.37. The number of nitrogens with zero attached hydrogens (tertiary/aromatic N) is 2. The molecule has 1 N–H and O–H groups in total. The quantitative estimate of drug-likeness (QED) is 0.725. The van der Waals surface area contributed by atoms with Crippen LogP contribution in [0.5, 0.6) is 5.75 Å². The number of hydrogen-bond donors (Lipinski definition) is 1. The van der Waals surface area contributed by atoms with Crippen molar-refractivity contribution in [3.8, 4) is 5.75 Å². The third-order valence-corrected chi connectivity index (χ3v) is 5.35. The van der Waals surface area contributed by atoms with E-state index in [1.807, 2.05) is 6.07 Å². The van der Waals surface area contributed by atoms with Gasteiger partial charge in [-0.15, -0.1) is 0 Å². The van der Waals surface area contributed by atoms with E-state index >= 15 is 0 Å². The van der Waals surface area contributed by atoms with Crippen LogP contribution in [0.25, 0.3) is 0 Å². The van der Waals surface area contributed by atoms with Crippen LogP contribution in [0.4, 0.5) is 4.39 Å². The van der Waals surface area contributed by atoms with E-state index in [1.54, 1.807) is 13.2 Å². The fourth-order valence-corrected chi connectivity index (χ4v) is 3.90. The zero-order valence-electron chi connectivity index (χ0n) is 16.5. The molecule has 0 saturated carbocycles. The van der Waals surface area contributed by atoms with E-state index in [1.165, 1.54) is 13.2 Å². The monoisotopic (exact) mass is 381 g/mol. The van der Waals surface area contributed by atoms with Gasteiger partial charge in [0.05, 0.1) is 26.4 Å². The Kier molecular flexibility index (Phi) is 7.84. The van der Waals surface area contributed by atoms with Crippen LogP contribution >= 0.6 is 0 Å². The molecule has 0 spiro atoms. The highest BCUT2D eigenvalue weighted by Gasteiger charge is 2.23. The highest BCUT2D eigenvalue weighted by Crippen LogP contribution is 2.19. The van der Waals surface area contributed by atoms with E-state index in [0.29, 0.717) is 18.4 Å². The van der Waals surface area contributed by atoms with Crippen molar-refractivity contribution in [1.82, 2.24) is 15.1 Å². The number of halogens is 1. The lowest BCUT2D eigenvalue weighted by Crippen LogP contribution is -2.54. The molecule has 2 fully saturated rings. The summed E-state index contributed by atoms with van der Waals surface area (Å²) < 4.78 is 29.6. The summed E-state index contributed by atoms with van der Waals surface area (Å²) in [5, 5.41) is 3.59. The summed E-state index contributed by atoms with van der Waals surface area (Å²) in [6, 6.07) is 5.52. The van der Waals surface area contributed by atoms with Gasteiger partial charge in [-0.1, -0.05) is 6.07 Å². The van der Waals surface area contributed by atoms with E-state index in [4.69, 9.17) is 14.2 Å². The summed E-state index contributed by atoms with van der Waals surface area (Å²) in [6.45, 7) is 8.55. The summed E-state index contributed by atoms with van der Waals surface area (Å²) in [5.41, 5.74) is 1.10.